The van der Waals surface area contributed by atoms with Crippen molar-refractivity contribution in [1.82, 2.24) is 9.21 Å². The molecule has 1 heterocycles. The Morgan fingerprint density at radius 3 is 2.87 bits per heavy atom. The van der Waals surface area contributed by atoms with Crippen molar-refractivity contribution in [1.29, 1.82) is 0 Å². The molecule has 168 valence electrons. The van der Waals surface area contributed by atoms with Crippen LogP contribution in [-0.2, 0) is 30.5 Å². The van der Waals surface area contributed by atoms with Gasteiger partial charge in [0.05, 0.1) is 13.3 Å². The predicted molar refractivity (Wildman–Crippen MR) is 124 cm³/mol. The number of nitrogens with zero attached hydrogens (tertiary/aromatic N) is 2. The number of nitrogens with one attached hydrogen (secondary N) is 1. The first kappa shape index (κ1) is 22.3. The molecule has 31 heavy (non-hydrogen) atoms. The van der Waals surface area contributed by atoms with E-state index in [1.165, 1.54) is 39.4 Å². The van der Waals surface area contributed by atoms with Crippen LogP contribution in [0.3, 0.4) is 0 Å². The van der Waals surface area contributed by atoms with Crippen LogP contribution in [0.4, 0.5) is 5.69 Å². The van der Waals surface area contributed by atoms with E-state index < -0.39 is 11.3 Å². The molecule has 2 aromatic carbocycles. The van der Waals surface area contributed by atoms with Crippen LogP contribution in [0, 0.1) is 0 Å². The van der Waals surface area contributed by atoms with Crippen molar-refractivity contribution in [3.63, 3.8) is 0 Å². The van der Waals surface area contributed by atoms with Gasteiger partial charge in [-0.3, -0.25) is 4.21 Å². The maximum Gasteiger partial charge on any atom is 0.122 e. The zero-order chi connectivity index (χ0) is 22.0. The lowest BCUT2D eigenvalue weighted by Gasteiger charge is -2.30. The number of hydrogen-bond acceptors (Lipinski definition) is 5. The van der Waals surface area contributed by atoms with Crippen molar-refractivity contribution in [3.8, 4) is 5.75 Å². The van der Waals surface area contributed by atoms with Gasteiger partial charge in [0.25, 0.3) is 0 Å². The molecule has 0 radical (unpaired) electrons. The lowest BCUT2D eigenvalue weighted by molar-refractivity contribution is 0.299. The van der Waals surface area contributed by atoms with E-state index in [4.69, 9.17) is 4.74 Å². The van der Waals surface area contributed by atoms with E-state index in [0.717, 1.165) is 37.4 Å². The largest absolute Gasteiger partial charge is 0.760 e. The zero-order valence-corrected chi connectivity index (χ0v) is 19.4. The van der Waals surface area contributed by atoms with Gasteiger partial charge in [-0.1, -0.05) is 24.3 Å². The molecule has 6 nitrogen and oxygen atoms in total. The second-order valence-corrected chi connectivity index (χ2v) is 9.76. The van der Waals surface area contributed by atoms with Crippen LogP contribution in [0.15, 0.2) is 36.4 Å². The fourth-order valence-corrected chi connectivity index (χ4v) is 5.27. The molecule has 1 N–H and O–H groups in total. The van der Waals surface area contributed by atoms with Crippen LogP contribution < -0.4 is 10.1 Å². The topological polar surface area (TPSA) is 67.9 Å². The number of hydrogen-bond donors (Lipinski definition) is 1. The highest BCUT2D eigenvalue weighted by molar-refractivity contribution is 7.76. The van der Waals surface area contributed by atoms with Gasteiger partial charge in [-0.05, 0) is 73.0 Å². The molecule has 0 saturated carbocycles. The predicted octanol–water partition coefficient (Wildman–Crippen LogP) is 3.31. The molecule has 0 amide bonds. The number of fused-ring (bicyclic) bond motifs is 2. The van der Waals surface area contributed by atoms with E-state index in [0.29, 0.717) is 12.3 Å². The minimum Gasteiger partial charge on any atom is -0.760 e. The van der Waals surface area contributed by atoms with Gasteiger partial charge in [-0.15, -0.1) is 0 Å². The van der Waals surface area contributed by atoms with Crippen molar-refractivity contribution in [2.75, 3.05) is 39.6 Å². The summed E-state index contributed by atoms with van der Waals surface area (Å²) in [6.07, 6.45) is 5.02. The van der Waals surface area contributed by atoms with Crippen LogP contribution in [0.25, 0.3) is 0 Å². The fourth-order valence-electron chi connectivity index (χ4n) is 4.94. The Balaban J connectivity index is 1.35. The third-order valence-electron chi connectivity index (χ3n) is 6.71. The van der Waals surface area contributed by atoms with E-state index in [2.05, 4.69) is 53.7 Å². The minimum absolute atomic E-state index is 0.199. The second-order valence-electron chi connectivity index (χ2n) is 8.75. The lowest BCUT2D eigenvalue weighted by Crippen LogP contribution is -2.37. The summed E-state index contributed by atoms with van der Waals surface area (Å²) in [5, 5.41) is 3.34. The van der Waals surface area contributed by atoms with E-state index >= 15 is 0 Å². The van der Waals surface area contributed by atoms with Gasteiger partial charge in [0.15, 0.2) is 0 Å². The average Bonchev–Trinajstić information content (AvgIpc) is 3.20. The average molecular weight is 443 g/mol. The number of anilines is 1. The maximum atomic E-state index is 11.2. The smallest absolute Gasteiger partial charge is 0.122 e. The molecule has 0 saturated heterocycles. The Labute approximate surface area is 188 Å². The molecule has 0 spiro atoms. The first-order chi connectivity index (χ1) is 15.0. The summed E-state index contributed by atoms with van der Waals surface area (Å²) in [6.45, 7) is 2.04. The van der Waals surface area contributed by atoms with Gasteiger partial charge >= 0.3 is 0 Å². The Bertz CT molecular complexity index is 952. The Kier molecular flexibility index (Phi) is 6.96. The quantitative estimate of drug-likeness (QED) is 0.636. The molecular formula is C24H32N3O3S-. The fraction of sp³-hybridized carbons (Fsp3) is 0.500. The molecule has 2 aromatic rings. The second kappa shape index (κ2) is 9.69. The standard InChI is InChI=1S/C24H33N3O3S/c1-26(16-19-6-4-8-21-20(19)7-5-9-23(21)30-3)13-12-17-10-11-18-15-24(25-22(18)14-17)27(2)31(28)29/h5,7,9-11,14,19,24-25H,4,6,8,12-13,15-16H2,1-3H3,(H,28,29)/p-1/t19-,24?/m0/s1. The van der Waals surface area contributed by atoms with Gasteiger partial charge < -0.3 is 19.5 Å². The van der Waals surface area contributed by atoms with Gasteiger partial charge in [-0.2, -0.15) is 0 Å². The van der Waals surface area contributed by atoms with Gasteiger partial charge in [-0.25, -0.2) is 4.31 Å². The molecule has 2 aliphatic rings. The third kappa shape index (κ3) is 4.95. The Hall–Kier alpha value is -1.93. The monoisotopic (exact) mass is 442 g/mol. The highest BCUT2D eigenvalue weighted by Crippen LogP contribution is 2.37. The number of rotatable bonds is 8. The van der Waals surface area contributed by atoms with Crippen molar-refractivity contribution >= 4 is 17.0 Å². The van der Waals surface area contributed by atoms with E-state index in [-0.39, 0.29) is 6.17 Å². The Morgan fingerprint density at radius 1 is 1.26 bits per heavy atom. The minimum atomic E-state index is -2.22. The molecule has 0 fully saturated rings. The molecule has 4 rings (SSSR count). The summed E-state index contributed by atoms with van der Waals surface area (Å²) >= 11 is -2.22. The van der Waals surface area contributed by atoms with E-state index in [9.17, 15) is 8.76 Å². The molecule has 7 heteroatoms. The zero-order valence-electron chi connectivity index (χ0n) is 18.6. The molecule has 1 aliphatic heterocycles. The summed E-state index contributed by atoms with van der Waals surface area (Å²) in [6, 6.07) is 12.9. The van der Waals surface area contributed by atoms with Crippen molar-refractivity contribution in [2.24, 2.45) is 0 Å². The first-order valence-electron chi connectivity index (χ1n) is 11.0. The molecular weight excluding hydrogens is 410 g/mol. The van der Waals surface area contributed by atoms with Gasteiger partial charge in [0.2, 0.25) is 0 Å². The van der Waals surface area contributed by atoms with Crippen molar-refractivity contribution in [3.05, 3.63) is 58.7 Å². The summed E-state index contributed by atoms with van der Waals surface area (Å²) in [7, 11) is 5.56. The van der Waals surface area contributed by atoms with E-state index in [1.54, 1.807) is 14.2 Å². The normalized spacial score (nSPS) is 21.0. The molecule has 1 aliphatic carbocycles. The summed E-state index contributed by atoms with van der Waals surface area (Å²) in [5.41, 5.74) is 6.33. The summed E-state index contributed by atoms with van der Waals surface area (Å²) in [5.74, 6) is 1.58. The molecule has 3 atom stereocenters. The highest BCUT2D eigenvalue weighted by atomic mass is 32.2. The van der Waals surface area contributed by atoms with Gasteiger partial charge in [0, 0.05) is 43.5 Å². The van der Waals surface area contributed by atoms with E-state index in [1.807, 2.05) is 0 Å². The molecule has 2 unspecified atom stereocenters. The van der Waals surface area contributed by atoms with Crippen molar-refractivity contribution < 1.29 is 13.5 Å². The van der Waals surface area contributed by atoms with Crippen molar-refractivity contribution in [2.45, 2.75) is 44.2 Å². The maximum absolute atomic E-state index is 11.2. The van der Waals surface area contributed by atoms with Gasteiger partial charge in [0.1, 0.15) is 5.75 Å². The van der Waals surface area contributed by atoms with Crippen LogP contribution >= 0.6 is 0 Å². The molecule has 0 aromatic heterocycles. The lowest BCUT2D eigenvalue weighted by atomic mass is 9.82. The van der Waals surface area contributed by atoms with Crippen LogP contribution in [0.1, 0.15) is 41.0 Å². The number of methoxy groups -OCH3 is 1. The summed E-state index contributed by atoms with van der Waals surface area (Å²) < 4.78 is 29.4. The third-order valence-corrected chi connectivity index (χ3v) is 7.43. The number of benzene rings is 2. The first-order valence-corrected chi connectivity index (χ1v) is 12.0. The summed E-state index contributed by atoms with van der Waals surface area (Å²) in [4.78, 5) is 2.43. The van der Waals surface area contributed by atoms with Crippen LogP contribution in [0.2, 0.25) is 0 Å². The number of likely N-dealkylation sites (N-methyl/N-ethyl adjacent to an activating group) is 2. The number of ether oxygens (including phenoxy) is 1. The van der Waals surface area contributed by atoms with Crippen LogP contribution in [-0.4, -0.2) is 58.4 Å². The molecule has 0 bridgehead atoms. The SMILES string of the molecule is COc1cccc2c1CCC[C@H]2CN(C)CCc1ccc2c(c1)NC(N(C)S(=O)[O-])C2. The Morgan fingerprint density at radius 2 is 2.10 bits per heavy atom. The van der Waals surface area contributed by atoms with Crippen LogP contribution in [0.5, 0.6) is 5.75 Å². The highest BCUT2D eigenvalue weighted by Gasteiger charge is 2.25.